The standard InChI is InChI=1S/C20H33ClN4O2/c1-3-22-20(23-10-4-12-25-13-8-17(26)9-14-25)24-11-7-16-5-6-18(27-2)15-19(16)21/h5-6,15,17,26H,3-4,7-14H2,1-2H3,(H2,22,23,24). The van der Waals surface area contributed by atoms with Crippen LogP contribution in [0.25, 0.3) is 0 Å². The van der Waals surface area contributed by atoms with Gasteiger partial charge in [0, 0.05) is 37.7 Å². The van der Waals surface area contributed by atoms with Crippen LogP contribution in [0.15, 0.2) is 23.2 Å². The number of nitrogens with zero attached hydrogens (tertiary/aromatic N) is 2. The van der Waals surface area contributed by atoms with Gasteiger partial charge in [0.15, 0.2) is 5.96 Å². The summed E-state index contributed by atoms with van der Waals surface area (Å²) in [6, 6.07) is 5.78. The number of nitrogens with one attached hydrogen (secondary N) is 2. The van der Waals surface area contributed by atoms with Gasteiger partial charge in [-0.05, 0) is 56.8 Å². The number of halogens is 1. The van der Waals surface area contributed by atoms with Crippen LogP contribution < -0.4 is 15.4 Å². The fourth-order valence-corrected chi connectivity index (χ4v) is 3.41. The van der Waals surface area contributed by atoms with Crippen LogP contribution in [0.5, 0.6) is 5.75 Å². The smallest absolute Gasteiger partial charge is 0.191 e. The van der Waals surface area contributed by atoms with Gasteiger partial charge in [-0.2, -0.15) is 0 Å². The first-order chi connectivity index (χ1) is 13.1. The van der Waals surface area contributed by atoms with Crippen LogP contribution >= 0.6 is 11.6 Å². The lowest BCUT2D eigenvalue weighted by molar-refractivity contribution is 0.0824. The van der Waals surface area contributed by atoms with E-state index in [2.05, 4.69) is 27.4 Å². The summed E-state index contributed by atoms with van der Waals surface area (Å²) in [5.41, 5.74) is 1.09. The Hall–Kier alpha value is -1.50. The molecule has 1 fully saturated rings. The SMILES string of the molecule is CCNC(=NCCCN1CCC(O)CC1)NCCc1ccc(OC)cc1Cl. The zero-order chi connectivity index (χ0) is 19.5. The molecule has 1 aliphatic rings. The summed E-state index contributed by atoms with van der Waals surface area (Å²) >= 11 is 6.30. The number of aliphatic hydroxyl groups excluding tert-OH is 1. The first-order valence-electron chi connectivity index (χ1n) is 9.87. The van der Waals surface area contributed by atoms with Gasteiger partial charge in [0.1, 0.15) is 5.75 Å². The number of hydrogen-bond acceptors (Lipinski definition) is 4. The molecule has 2 rings (SSSR count). The molecule has 1 heterocycles. The number of benzene rings is 1. The van der Waals surface area contributed by atoms with Crippen LogP contribution in [0.4, 0.5) is 0 Å². The molecule has 1 aromatic carbocycles. The lowest BCUT2D eigenvalue weighted by Gasteiger charge is -2.29. The normalized spacial score (nSPS) is 16.4. The molecule has 6 nitrogen and oxygen atoms in total. The highest BCUT2D eigenvalue weighted by Gasteiger charge is 2.15. The second-order valence-corrected chi connectivity index (χ2v) is 7.23. The minimum absolute atomic E-state index is 0.108. The van der Waals surface area contributed by atoms with Gasteiger partial charge in [0.05, 0.1) is 13.2 Å². The van der Waals surface area contributed by atoms with Crippen LogP contribution in [0.2, 0.25) is 5.02 Å². The number of likely N-dealkylation sites (tertiary alicyclic amines) is 1. The predicted octanol–water partition coefficient (Wildman–Crippen LogP) is 2.29. The van der Waals surface area contributed by atoms with Crippen LogP contribution in [-0.2, 0) is 6.42 Å². The van der Waals surface area contributed by atoms with Crippen molar-refractivity contribution in [3.63, 3.8) is 0 Å². The number of ether oxygens (including phenoxy) is 1. The summed E-state index contributed by atoms with van der Waals surface area (Å²) in [5, 5.41) is 16.9. The Kier molecular flexibility index (Phi) is 9.73. The topological polar surface area (TPSA) is 69.1 Å². The van der Waals surface area contributed by atoms with Crippen molar-refractivity contribution in [2.24, 2.45) is 4.99 Å². The van der Waals surface area contributed by atoms with Crippen LogP contribution in [0.1, 0.15) is 31.7 Å². The molecule has 0 saturated carbocycles. The molecule has 7 heteroatoms. The van der Waals surface area contributed by atoms with Crippen molar-refractivity contribution in [3.05, 3.63) is 28.8 Å². The van der Waals surface area contributed by atoms with Gasteiger partial charge in [0.25, 0.3) is 0 Å². The van der Waals surface area contributed by atoms with E-state index in [1.807, 2.05) is 18.2 Å². The van der Waals surface area contributed by atoms with Gasteiger partial charge in [-0.3, -0.25) is 4.99 Å². The van der Waals surface area contributed by atoms with Gasteiger partial charge in [-0.15, -0.1) is 0 Å². The second kappa shape index (κ2) is 12.1. The summed E-state index contributed by atoms with van der Waals surface area (Å²) in [4.78, 5) is 7.07. The quantitative estimate of drug-likeness (QED) is 0.339. The van der Waals surface area contributed by atoms with Gasteiger partial charge in [-0.25, -0.2) is 0 Å². The zero-order valence-electron chi connectivity index (χ0n) is 16.5. The van der Waals surface area contributed by atoms with E-state index in [1.165, 1.54) is 0 Å². The van der Waals surface area contributed by atoms with E-state index in [0.717, 1.165) is 87.2 Å². The molecule has 0 radical (unpaired) electrons. The minimum Gasteiger partial charge on any atom is -0.497 e. The summed E-state index contributed by atoms with van der Waals surface area (Å²) in [5.74, 6) is 1.62. The Labute approximate surface area is 168 Å². The fraction of sp³-hybridized carbons (Fsp3) is 0.650. The molecular formula is C20H33ClN4O2. The monoisotopic (exact) mass is 396 g/mol. The number of guanidine groups is 1. The summed E-state index contributed by atoms with van der Waals surface area (Å²) < 4.78 is 5.18. The van der Waals surface area contributed by atoms with Crippen molar-refractivity contribution in [2.45, 2.75) is 38.7 Å². The third-order valence-electron chi connectivity index (χ3n) is 4.75. The van der Waals surface area contributed by atoms with Crippen molar-refractivity contribution in [1.82, 2.24) is 15.5 Å². The van der Waals surface area contributed by atoms with E-state index in [9.17, 15) is 5.11 Å². The van der Waals surface area contributed by atoms with Crippen molar-refractivity contribution in [1.29, 1.82) is 0 Å². The maximum Gasteiger partial charge on any atom is 0.191 e. The average Bonchev–Trinajstić information content (AvgIpc) is 2.67. The molecule has 0 aliphatic carbocycles. The molecule has 1 saturated heterocycles. The second-order valence-electron chi connectivity index (χ2n) is 6.82. The average molecular weight is 397 g/mol. The molecule has 0 aromatic heterocycles. The Balaban J connectivity index is 1.71. The number of aliphatic hydroxyl groups is 1. The van der Waals surface area contributed by atoms with E-state index < -0.39 is 0 Å². The molecule has 0 unspecified atom stereocenters. The summed E-state index contributed by atoms with van der Waals surface area (Å²) in [6.07, 6.45) is 3.52. The maximum absolute atomic E-state index is 9.56. The lowest BCUT2D eigenvalue weighted by Crippen LogP contribution is -2.39. The lowest BCUT2D eigenvalue weighted by atomic mass is 10.1. The maximum atomic E-state index is 9.56. The Morgan fingerprint density at radius 3 is 2.78 bits per heavy atom. The molecule has 3 N–H and O–H groups in total. The molecule has 27 heavy (non-hydrogen) atoms. The molecule has 1 aromatic rings. The fourth-order valence-electron chi connectivity index (χ4n) is 3.14. The number of piperidine rings is 1. The van der Waals surface area contributed by atoms with E-state index in [1.54, 1.807) is 7.11 Å². The third kappa shape index (κ3) is 7.95. The number of methoxy groups -OCH3 is 1. The van der Waals surface area contributed by atoms with Gasteiger partial charge in [-0.1, -0.05) is 17.7 Å². The highest BCUT2D eigenvalue weighted by Crippen LogP contribution is 2.22. The Bertz CT molecular complexity index is 589. The van der Waals surface area contributed by atoms with Crippen molar-refractivity contribution in [2.75, 3.05) is 46.4 Å². The largest absolute Gasteiger partial charge is 0.497 e. The van der Waals surface area contributed by atoms with Gasteiger partial charge < -0.3 is 25.4 Å². The van der Waals surface area contributed by atoms with Crippen molar-refractivity contribution >= 4 is 17.6 Å². The van der Waals surface area contributed by atoms with E-state index in [0.29, 0.717) is 0 Å². The number of rotatable bonds is 9. The van der Waals surface area contributed by atoms with Crippen molar-refractivity contribution < 1.29 is 9.84 Å². The molecule has 0 atom stereocenters. The predicted molar refractivity (Wildman–Crippen MR) is 112 cm³/mol. The van der Waals surface area contributed by atoms with Crippen LogP contribution in [0, 0.1) is 0 Å². The third-order valence-corrected chi connectivity index (χ3v) is 5.10. The number of aliphatic imine (C=N–C) groups is 1. The van der Waals surface area contributed by atoms with Crippen LogP contribution in [-0.4, -0.2) is 68.4 Å². The molecule has 0 spiro atoms. The van der Waals surface area contributed by atoms with Gasteiger partial charge >= 0.3 is 0 Å². The molecule has 152 valence electrons. The van der Waals surface area contributed by atoms with E-state index in [-0.39, 0.29) is 6.10 Å². The van der Waals surface area contributed by atoms with E-state index >= 15 is 0 Å². The van der Waals surface area contributed by atoms with Crippen molar-refractivity contribution in [3.8, 4) is 5.75 Å². The number of hydrogen-bond donors (Lipinski definition) is 3. The Morgan fingerprint density at radius 1 is 1.33 bits per heavy atom. The Morgan fingerprint density at radius 2 is 2.11 bits per heavy atom. The van der Waals surface area contributed by atoms with Gasteiger partial charge in [0.2, 0.25) is 0 Å². The summed E-state index contributed by atoms with van der Waals surface area (Å²) in [7, 11) is 1.64. The molecular weight excluding hydrogens is 364 g/mol. The minimum atomic E-state index is -0.108. The molecule has 0 bridgehead atoms. The summed E-state index contributed by atoms with van der Waals surface area (Å²) in [6.45, 7) is 7.48. The molecule has 0 amide bonds. The van der Waals surface area contributed by atoms with E-state index in [4.69, 9.17) is 16.3 Å². The first kappa shape index (κ1) is 21.8. The first-order valence-corrected chi connectivity index (χ1v) is 10.2. The molecule has 1 aliphatic heterocycles. The highest BCUT2D eigenvalue weighted by atomic mass is 35.5. The highest BCUT2D eigenvalue weighted by molar-refractivity contribution is 6.31. The zero-order valence-corrected chi connectivity index (χ0v) is 17.3. The van der Waals surface area contributed by atoms with Crippen LogP contribution in [0.3, 0.4) is 0 Å².